The second kappa shape index (κ2) is 7.03. The van der Waals surface area contributed by atoms with Crippen molar-refractivity contribution in [3.05, 3.63) is 52.5 Å². The summed E-state index contributed by atoms with van der Waals surface area (Å²) in [6, 6.07) is 13.7. The maximum absolute atomic E-state index is 6.38. The molecule has 0 saturated heterocycles. The maximum atomic E-state index is 6.38. The predicted molar refractivity (Wildman–Crippen MR) is 98.2 cm³/mol. The number of benzene rings is 2. The Morgan fingerprint density at radius 3 is 2.64 bits per heavy atom. The largest absolute Gasteiger partial charge is 0.324 e. The van der Waals surface area contributed by atoms with Crippen LogP contribution in [0.25, 0.3) is 22.4 Å². The molecule has 0 bridgehead atoms. The molecular formula is C17H15BrCl2N2. The van der Waals surface area contributed by atoms with Crippen LogP contribution in [0.15, 0.2) is 42.5 Å². The van der Waals surface area contributed by atoms with Crippen LogP contribution < -0.4 is 0 Å². The Balaban J connectivity index is 2.12. The Morgan fingerprint density at radius 2 is 1.86 bits per heavy atom. The molecule has 3 rings (SSSR count). The third-order valence-electron chi connectivity index (χ3n) is 3.59. The Hall–Kier alpha value is -1.03. The second-order valence-electron chi connectivity index (χ2n) is 5.10. The summed E-state index contributed by atoms with van der Waals surface area (Å²) in [7, 11) is 0. The lowest BCUT2D eigenvalue weighted by Gasteiger charge is -2.10. The highest BCUT2D eigenvalue weighted by atomic mass is 79.9. The lowest BCUT2D eigenvalue weighted by molar-refractivity contribution is 0.656. The van der Waals surface area contributed by atoms with Crippen molar-refractivity contribution in [2.45, 2.75) is 19.4 Å². The fourth-order valence-electron chi connectivity index (χ4n) is 2.54. The summed E-state index contributed by atoms with van der Waals surface area (Å²) in [5, 5.41) is 2.27. The van der Waals surface area contributed by atoms with E-state index >= 15 is 0 Å². The van der Waals surface area contributed by atoms with Crippen LogP contribution in [-0.2, 0) is 6.54 Å². The molecule has 1 heterocycles. The van der Waals surface area contributed by atoms with Gasteiger partial charge >= 0.3 is 0 Å². The first-order valence-electron chi connectivity index (χ1n) is 7.17. The van der Waals surface area contributed by atoms with Gasteiger partial charge in [0.05, 0.1) is 16.1 Å². The smallest absolute Gasteiger partial charge is 0.142 e. The highest BCUT2D eigenvalue weighted by Gasteiger charge is 2.14. The van der Waals surface area contributed by atoms with E-state index < -0.39 is 0 Å². The van der Waals surface area contributed by atoms with E-state index in [9.17, 15) is 0 Å². The maximum Gasteiger partial charge on any atom is 0.142 e. The third kappa shape index (κ3) is 3.17. The van der Waals surface area contributed by atoms with Crippen molar-refractivity contribution in [2.75, 3.05) is 5.33 Å². The number of para-hydroxylation sites is 2. The van der Waals surface area contributed by atoms with Gasteiger partial charge in [0.1, 0.15) is 5.82 Å². The van der Waals surface area contributed by atoms with Gasteiger partial charge in [0.15, 0.2) is 0 Å². The fraction of sp³-hybridized carbons (Fsp3) is 0.235. The standard InChI is InChI=1S/C17H15BrCl2N2/c18-9-3-4-10-22-16-6-2-1-5-15(16)21-17(22)13-8-7-12(19)11-14(13)20/h1-2,5-8,11H,3-4,9-10H2. The van der Waals surface area contributed by atoms with Gasteiger partial charge in [-0.05, 0) is 43.2 Å². The van der Waals surface area contributed by atoms with E-state index in [4.69, 9.17) is 28.2 Å². The molecule has 22 heavy (non-hydrogen) atoms. The van der Waals surface area contributed by atoms with Crippen molar-refractivity contribution in [3.63, 3.8) is 0 Å². The van der Waals surface area contributed by atoms with Crippen LogP contribution in [0.5, 0.6) is 0 Å². The monoisotopic (exact) mass is 396 g/mol. The van der Waals surface area contributed by atoms with Crippen molar-refractivity contribution >= 4 is 50.2 Å². The van der Waals surface area contributed by atoms with E-state index in [1.165, 1.54) is 0 Å². The van der Waals surface area contributed by atoms with Crippen molar-refractivity contribution < 1.29 is 0 Å². The molecule has 2 nitrogen and oxygen atoms in total. The van der Waals surface area contributed by atoms with Crippen LogP contribution in [0.1, 0.15) is 12.8 Å². The topological polar surface area (TPSA) is 17.8 Å². The Kier molecular flexibility index (Phi) is 5.07. The summed E-state index contributed by atoms with van der Waals surface area (Å²) < 4.78 is 2.24. The number of fused-ring (bicyclic) bond motifs is 1. The highest BCUT2D eigenvalue weighted by molar-refractivity contribution is 9.09. The first-order chi connectivity index (χ1) is 10.7. The van der Waals surface area contributed by atoms with E-state index in [0.717, 1.165) is 47.1 Å². The molecule has 5 heteroatoms. The molecule has 0 fully saturated rings. The number of hydrogen-bond donors (Lipinski definition) is 0. The molecule has 114 valence electrons. The highest BCUT2D eigenvalue weighted by Crippen LogP contribution is 2.32. The van der Waals surface area contributed by atoms with Gasteiger partial charge in [0.25, 0.3) is 0 Å². The minimum Gasteiger partial charge on any atom is -0.324 e. The molecule has 0 amide bonds. The number of hydrogen-bond acceptors (Lipinski definition) is 1. The first-order valence-corrected chi connectivity index (χ1v) is 9.05. The average Bonchev–Trinajstić information content (AvgIpc) is 2.86. The summed E-state index contributed by atoms with van der Waals surface area (Å²) in [6.45, 7) is 0.917. The van der Waals surface area contributed by atoms with Crippen molar-refractivity contribution in [3.8, 4) is 11.4 Å². The van der Waals surface area contributed by atoms with Crippen molar-refractivity contribution in [1.29, 1.82) is 0 Å². The molecule has 2 aromatic carbocycles. The van der Waals surface area contributed by atoms with Crippen LogP contribution >= 0.6 is 39.1 Å². The first kappa shape index (κ1) is 15.9. The normalized spacial score (nSPS) is 11.2. The zero-order chi connectivity index (χ0) is 15.5. The molecule has 0 N–H and O–H groups in total. The molecule has 1 aromatic heterocycles. The van der Waals surface area contributed by atoms with Crippen LogP contribution in [0.2, 0.25) is 10.0 Å². The molecule has 0 saturated carbocycles. The lowest BCUT2D eigenvalue weighted by atomic mass is 10.2. The third-order valence-corrected chi connectivity index (χ3v) is 4.70. The second-order valence-corrected chi connectivity index (χ2v) is 6.73. The van der Waals surface area contributed by atoms with Gasteiger partial charge < -0.3 is 4.57 Å². The summed E-state index contributed by atoms with van der Waals surface area (Å²) in [5.41, 5.74) is 3.04. The molecule has 0 aliphatic carbocycles. The predicted octanol–water partition coefficient (Wildman–Crippen LogP) is 6.19. The van der Waals surface area contributed by atoms with Crippen molar-refractivity contribution in [1.82, 2.24) is 9.55 Å². The molecule has 0 aliphatic heterocycles. The van der Waals surface area contributed by atoms with E-state index in [0.29, 0.717) is 10.0 Å². The van der Waals surface area contributed by atoms with Gasteiger partial charge in [-0.2, -0.15) is 0 Å². The van der Waals surface area contributed by atoms with Gasteiger partial charge in [0.2, 0.25) is 0 Å². The minimum atomic E-state index is 0.629. The van der Waals surface area contributed by atoms with Gasteiger partial charge in [-0.15, -0.1) is 0 Å². The number of halogens is 3. The van der Waals surface area contributed by atoms with E-state index in [2.05, 4.69) is 26.6 Å². The fourth-order valence-corrected chi connectivity index (χ4v) is 3.43. The van der Waals surface area contributed by atoms with Crippen LogP contribution in [0, 0.1) is 0 Å². The van der Waals surface area contributed by atoms with Gasteiger partial charge in [-0.25, -0.2) is 4.98 Å². The zero-order valence-electron chi connectivity index (χ0n) is 11.9. The van der Waals surface area contributed by atoms with E-state index in [1.54, 1.807) is 6.07 Å². The van der Waals surface area contributed by atoms with E-state index in [1.807, 2.05) is 30.3 Å². The number of aromatic nitrogens is 2. The molecular weight excluding hydrogens is 383 g/mol. The molecule has 3 aromatic rings. The lowest BCUT2D eigenvalue weighted by Crippen LogP contribution is -2.01. The quantitative estimate of drug-likeness (QED) is 0.371. The molecule has 0 atom stereocenters. The molecule has 0 aliphatic rings. The number of nitrogens with zero attached hydrogens (tertiary/aromatic N) is 2. The Morgan fingerprint density at radius 1 is 1.05 bits per heavy atom. The summed E-state index contributed by atoms with van der Waals surface area (Å²) >= 11 is 15.9. The number of rotatable bonds is 5. The summed E-state index contributed by atoms with van der Waals surface area (Å²) in [6.07, 6.45) is 2.21. The van der Waals surface area contributed by atoms with Crippen LogP contribution in [0.3, 0.4) is 0 Å². The van der Waals surface area contributed by atoms with Crippen molar-refractivity contribution in [2.24, 2.45) is 0 Å². The van der Waals surface area contributed by atoms with E-state index in [-0.39, 0.29) is 0 Å². The van der Waals surface area contributed by atoms with Gasteiger partial charge in [0, 0.05) is 22.5 Å². The zero-order valence-corrected chi connectivity index (χ0v) is 15.0. The summed E-state index contributed by atoms with van der Waals surface area (Å²) in [5.74, 6) is 0.900. The van der Waals surface area contributed by atoms with Gasteiger partial charge in [-0.3, -0.25) is 0 Å². The number of unbranched alkanes of at least 4 members (excludes halogenated alkanes) is 1. The molecule has 0 unspecified atom stereocenters. The number of alkyl halides is 1. The number of aryl methyl sites for hydroxylation is 1. The minimum absolute atomic E-state index is 0.629. The SMILES string of the molecule is Clc1ccc(-c2nc3ccccc3n2CCCCBr)c(Cl)c1. The average molecular weight is 398 g/mol. The van der Waals surface area contributed by atoms with Crippen LogP contribution in [0.4, 0.5) is 0 Å². The number of imidazole rings is 1. The summed E-state index contributed by atoms with van der Waals surface area (Å²) in [4.78, 5) is 4.78. The van der Waals surface area contributed by atoms with Gasteiger partial charge in [-0.1, -0.05) is 51.3 Å². The molecule has 0 radical (unpaired) electrons. The Bertz CT molecular complexity index is 798. The Labute approximate surface area is 148 Å². The molecule has 0 spiro atoms. The van der Waals surface area contributed by atoms with Crippen LogP contribution in [-0.4, -0.2) is 14.9 Å².